The van der Waals surface area contributed by atoms with Crippen LogP contribution >= 0.6 is 0 Å². The summed E-state index contributed by atoms with van der Waals surface area (Å²) in [6.45, 7) is 6.69. The molecule has 2 aromatic rings. The number of aryl methyl sites for hydroxylation is 3. The third-order valence-corrected chi connectivity index (χ3v) is 2.79. The lowest BCUT2D eigenvalue weighted by Gasteiger charge is -2.05. The Labute approximate surface area is 105 Å². The van der Waals surface area contributed by atoms with Gasteiger partial charge in [-0.15, -0.1) is 0 Å². The van der Waals surface area contributed by atoms with Crippen LogP contribution in [0.1, 0.15) is 34.4 Å². The zero-order valence-electron chi connectivity index (χ0n) is 10.7. The summed E-state index contributed by atoms with van der Waals surface area (Å²) in [6, 6.07) is 0. The first-order valence-electron chi connectivity index (χ1n) is 5.83. The van der Waals surface area contributed by atoms with Gasteiger partial charge in [0.2, 0.25) is 0 Å². The van der Waals surface area contributed by atoms with Crippen LogP contribution in [0.25, 0.3) is 0 Å². The quantitative estimate of drug-likeness (QED) is 0.888. The third-order valence-electron chi connectivity index (χ3n) is 2.79. The van der Waals surface area contributed by atoms with Gasteiger partial charge in [-0.1, -0.05) is 0 Å². The summed E-state index contributed by atoms with van der Waals surface area (Å²) in [4.78, 5) is 16.1. The van der Waals surface area contributed by atoms with Crippen LogP contribution in [-0.4, -0.2) is 20.7 Å². The van der Waals surface area contributed by atoms with Crippen LogP contribution in [0.15, 0.2) is 17.0 Å². The maximum absolute atomic E-state index is 12.0. The van der Waals surface area contributed by atoms with Gasteiger partial charge in [-0.05, 0) is 20.8 Å². The molecule has 6 heteroatoms. The van der Waals surface area contributed by atoms with Crippen LogP contribution in [0, 0.1) is 13.8 Å². The molecule has 0 spiro atoms. The van der Waals surface area contributed by atoms with E-state index in [1.54, 1.807) is 17.9 Å². The smallest absolute Gasteiger partial charge is 0.255 e. The fourth-order valence-electron chi connectivity index (χ4n) is 1.85. The lowest BCUT2D eigenvalue weighted by molar-refractivity contribution is 0.0947. The average molecular weight is 248 g/mol. The Morgan fingerprint density at radius 3 is 2.89 bits per heavy atom. The number of nitrogens with one attached hydrogen (secondary N) is 1. The minimum absolute atomic E-state index is 0.149. The number of aromatic nitrogens is 3. The fourth-order valence-corrected chi connectivity index (χ4v) is 1.85. The predicted octanol–water partition coefficient (Wildman–Crippen LogP) is 1.44. The minimum Gasteiger partial charge on any atom is -0.469 e. The standard InChI is InChI=1S/C12H16N4O2/c1-4-16-10(14-7-15-16)5-13-12(17)11-8(2)6-18-9(11)3/h6-7H,4-5H2,1-3H3,(H,13,17). The lowest BCUT2D eigenvalue weighted by Crippen LogP contribution is -2.25. The van der Waals surface area contributed by atoms with Crippen molar-refractivity contribution in [2.75, 3.05) is 0 Å². The van der Waals surface area contributed by atoms with Crippen LogP contribution in [-0.2, 0) is 13.1 Å². The second kappa shape index (κ2) is 5.03. The van der Waals surface area contributed by atoms with E-state index in [1.165, 1.54) is 6.33 Å². The number of hydrogen-bond acceptors (Lipinski definition) is 4. The molecular formula is C12H16N4O2. The Bertz CT molecular complexity index is 537. The van der Waals surface area contributed by atoms with Gasteiger partial charge in [0.15, 0.2) is 0 Å². The average Bonchev–Trinajstić information content (AvgIpc) is 2.93. The van der Waals surface area contributed by atoms with E-state index in [2.05, 4.69) is 15.4 Å². The number of nitrogens with zero attached hydrogens (tertiary/aromatic N) is 3. The molecular weight excluding hydrogens is 232 g/mol. The highest BCUT2D eigenvalue weighted by Gasteiger charge is 2.15. The maximum atomic E-state index is 12.0. The van der Waals surface area contributed by atoms with Gasteiger partial charge in [-0.3, -0.25) is 4.79 Å². The maximum Gasteiger partial charge on any atom is 0.255 e. The molecule has 2 heterocycles. The number of amides is 1. The summed E-state index contributed by atoms with van der Waals surface area (Å²) in [5.41, 5.74) is 1.43. The fraction of sp³-hybridized carbons (Fsp3) is 0.417. The molecule has 0 unspecified atom stereocenters. The van der Waals surface area contributed by atoms with E-state index in [9.17, 15) is 4.79 Å². The first-order valence-corrected chi connectivity index (χ1v) is 5.83. The van der Waals surface area contributed by atoms with Gasteiger partial charge in [0, 0.05) is 12.1 Å². The Balaban J connectivity index is 2.05. The Morgan fingerprint density at radius 2 is 2.28 bits per heavy atom. The molecule has 1 amide bonds. The van der Waals surface area contributed by atoms with E-state index in [4.69, 9.17) is 4.42 Å². The molecule has 1 N–H and O–H groups in total. The zero-order chi connectivity index (χ0) is 13.1. The molecule has 0 bridgehead atoms. The lowest BCUT2D eigenvalue weighted by atomic mass is 10.1. The molecule has 0 aliphatic heterocycles. The minimum atomic E-state index is -0.149. The highest BCUT2D eigenvalue weighted by atomic mass is 16.3. The summed E-state index contributed by atoms with van der Waals surface area (Å²) < 4.78 is 6.95. The van der Waals surface area contributed by atoms with E-state index >= 15 is 0 Å². The molecule has 2 aromatic heterocycles. The van der Waals surface area contributed by atoms with Crippen molar-refractivity contribution >= 4 is 5.91 Å². The van der Waals surface area contributed by atoms with E-state index < -0.39 is 0 Å². The van der Waals surface area contributed by atoms with Crippen molar-refractivity contribution in [3.05, 3.63) is 35.3 Å². The molecule has 0 radical (unpaired) electrons. The van der Waals surface area contributed by atoms with Crippen LogP contribution in [0.4, 0.5) is 0 Å². The number of rotatable bonds is 4. The first kappa shape index (κ1) is 12.3. The van der Waals surface area contributed by atoms with Crippen molar-refractivity contribution in [2.24, 2.45) is 0 Å². The second-order valence-electron chi connectivity index (χ2n) is 4.02. The van der Waals surface area contributed by atoms with E-state index in [-0.39, 0.29) is 5.91 Å². The van der Waals surface area contributed by atoms with Gasteiger partial charge in [-0.25, -0.2) is 9.67 Å². The van der Waals surface area contributed by atoms with Crippen molar-refractivity contribution < 1.29 is 9.21 Å². The number of furan rings is 1. The molecule has 0 aliphatic rings. The van der Waals surface area contributed by atoms with Gasteiger partial charge in [-0.2, -0.15) is 5.10 Å². The normalized spacial score (nSPS) is 10.6. The van der Waals surface area contributed by atoms with Crippen molar-refractivity contribution in [1.29, 1.82) is 0 Å². The molecule has 96 valence electrons. The molecule has 18 heavy (non-hydrogen) atoms. The SMILES string of the molecule is CCn1ncnc1CNC(=O)c1c(C)coc1C. The number of carbonyl (C=O) groups is 1. The molecule has 0 aliphatic carbocycles. The summed E-state index contributed by atoms with van der Waals surface area (Å²) >= 11 is 0. The third kappa shape index (κ3) is 2.27. The van der Waals surface area contributed by atoms with Crippen molar-refractivity contribution in [3.63, 3.8) is 0 Å². The molecule has 0 saturated carbocycles. The molecule has 0 atom stereocenters. The molecule has 0 saturated heterocycles. The van der Waals surface area contributed by atoms with Gasteiger partial charge in [0.1, 0.15) is 17.9 Å². The van der Waals surface area contributed by atoms with Crippen LogP contribution in [0.3, 0.4) is 0 Å². The van der Waals surface area contributed by atoms with Crippen LogP contribution in [0.5, 0.6) is 0 Å². The molecule has 0 aromatic carbocycles. The first-order chi connectivity index (χ1) is 8.63. The monoisotopic (exact) mass is 248 g/mol. The van der Waals surface area contributed by atoms with Gasteiger partial charge >= 0.3 is 0 Å². The van der Waals surface area contributed by atoms with Gasteiger partial charge in [0.05, 0.1) is 18.4 Å². The van der Waals surface area contributed by atoms with E-state index in [0.29, 0.717) is 17.9 Å². The van der Waals surface area contributed by atoms with Gasteiger partial charge < -0.3 is 9.73 Å². The number of hydrogen-bond donors (Lipinski definition) is 1. The Hall–Kier alpha value is -2.11. The van der Waals surface area contributed by atoms with Crippen LogP contribution in [0.2, 0.25) is 0 Å². The largest absolute Gasteiger partial charge is 0.469 e. The summed E-state index contributed by atoms with van der Waals surface area (Å²) in [5.74, 6) is 1.22. The molecule has 2 rings (SSSR count). The summed E-state index contributed by atoms with van der Waals surface area (Å²) in [7, 11) is 0. The van der Waals surface area contributed by atoms with Crippen molar-refractivity contribution in [1.82, 2.24) is 20.1 Å². The molecule has 6 nitrogen and oxygen atoms in total. The topological polar surface area (TPSA) is 73.0 Å². The van der Waals surface area contributed by atoms with E-state index in [1.807, 2.05) is 13.8 Å². The van der Waals surface area contributed by atoms with Crippen LogP contribution < -0.4 is 5.32 Å². The van der Waals surface area contributed by atoms with Crippen molar-refractivity contribution in [3.8, 4) is 0 Å². The van der Waals surface area contributed by atoms with E-state index in [0.717, 1.165) is 17.9 Å². The zero-order valence-corrected chi connectivity index (χ0v) is 10.7. The second-order valence-corrected chi connectivity index (χ2v) is 4.02. The Morgan fingerprint density at radius 1 is 1.50 bits per heavy atom. The predicted molar refractivity (Wildman–Crippen MR) is 65.0 cm³/mol. The summed E-state index contributed by atoms with van der Waals surface area (Å²) in [6.07, 6.45) is 3.07. The van der Waals surface area contributed by atoms with Crippen molar-refractivity contribution in [2.45, 2.75) is 33.9 Å². The van der Waals surface area contributed by atoms with Gasteiger partial charge in [0.25, 0.3) is 5.91 Å². The number of carbonyl (C=O) groups excluding carboxylic acids is 1. The molecule has 0 fully saturated rings. The highest BCUT2D eigenvalue weighted by Crippen LogP contribution is 2.15. The Kier molecular flexibility index (Phi) is 3.45. The summed E-state index contributed by atoms with van der Waals surface area (Å²) in [5, 5.41) is 6.87. The highest BCUT2D eigenvalue weighted by molar-refractivity contribution is 5.96.